The molecule has 6 nitrogen and oxygen atoms in total. The highest BCUT2D eigenvalue weighted by molar-refractivity contribution is 7.90. The first kappa shape index (κ1) is 15.6. The molecule has 0 saturated heterocycles. The number of nitrogens with two attached hydrogens (primary N) is 1. The first-order valence-corrected chi connectivity index (χ1v) is 9.06. The van der Waals surface area contributed by atoms with Crippen LogP contribution in [0.25, 0.3) is 0 Å². The lowest BCUT2D eigenvalue weighted by Gasteiger charge is -2.33. The normalized spacial score (nSPS) is 25.5. The van der Waals surface area contributed by atoms with Gasteiger partial charge in [-0.2, -0.15) is 0 Å². The number of sulfonamides is 1. The minimum absolute atomic E-state index is 0.000900. The molecule has 2 rings (SSSR count). The predicted octanol–water partition coefficient (Wildman–Crippen LogP) is 1.69. The van der Waals surface area contributed by atoms with Gasteiger partial charge in [0, 0.05) is 0 Å². The molecular formula is C13H25N3O3S. The molecule has 7 heteroatoms. The third kappa shape index (κ3) is 3.25. The average Bonchev–Trinajstić information content (AvgIpc) is 2.87. The van der Waals surface area contributed by atoms with E-state index < -0.39 is 15.6 Å². The quantitative estimate of drug-likeness (QED) is 0.242. The van der Waals surface area contributed by atoms with Crippen molar-refractivity contribution < 1.29 is 13.6 Å². The Kier molecular flexibility index (Phi) is 4.90. The molecular weight excluding hydrogens is 278 g/mol. The Bertz CT molecular complexity index is 447. The number of nitrogens with zero attached hydrogens (tertiary/aromatic N) is 1. The van der Waals surface area contributed by atoms with Gasteiger partial charge in [0.15, 0.2) is 5.84 Å². The second-order valence-electron chi connectivity index (χ2n) is 6.04. The lowest BCUT2D eigenvalue weighted by atomic mass is 9.90. The summed E-state index contributed by atoms with van der Waals surface area (Å²) in [5.41, 5.74) is 4.93. The monoisotopic (exact) mass is 303 g/mol. The minimum atomic E-state index is -3.41. The van der Waals surface area contributed by atoms with E-state index in [1.165, 1.54) is 0 Å². The Labute approximate surface area is 120 Å². The lowest BCUT2D eigenvalue weighted by Crippen LogP contribution is -2.58. The Balaban J connectivity index is 2.23. The molecule has 0 aliphatic heterocycles. The molecule has 20 heavy (non-hydrogen) atoms. The molecule has 0 bridgehead atoms. The Hall–Kier alpha value is -0.820. The van der Waals surface area contributed by atoms with Gasteiger partial charge in [0.1, 0.15) is 0 Å². The van der Waals surface area contributed by atoms with Crippen LogP contribution in [0.4, 0.5) is 0 Å². The maximum atomic E-state index is 12.5. The van der Waals surface area contributed by atoms with E-state index in [1.807, 2.05) is 0 Å². The fourth-order valence-electron chi connectivity index (χ4n) is 3.39. The molecule has 4 N–H and O–H groups in total. The van der Waals surface area contributed by atoms with Gasteiger partial charge in [0.05, 0.1) is 10.8 Å². The molecule has 0 spiro atoms. The fraction of sp³-hybridized carbons (Fsp3) is 0.923. The van der Waals surface area contributed by atoms with Crippen LogP contribution >= 0.6 is 0 Å². The van der Waals surface area contributed by atoms with Crippen LogP contribution in [0.2, 0.25) is 0 Å². The third-order valence-electron chi connectivity index (χ3n) is 4.63. The Morgan fingerprint density at radius 1 is 1.10 bits per heavy atom. The van der Waals surface area contributed by atoms with Gasteiger partial charge >= 0.3 is 0 Å². The smallest absolute Gasteiger partial charge is 0.215 e. The molecule has 0 aromatic heterocycles. The van der Waals surface area contributed by atoms with Gasteiger partial charge < -0.3 is 10.9 Å². The summed E-state index contributed by atoms with van der Waals surface area (Å²) in [6.45, 7) is 0. The van der Waals surface area contributed by atoms with Crippen molar-refractivity contribution in [2.24, 2.45) is 10.9 Å². The number of nitrogens with one attached hydrogen (secondary N) is 1. The van der Waals surface area contributed by atoms with Crippen molar-refractivity contribution in [3.05, 3.63) is 0 Å². The molecule has 0 radical (unpaired) electrons. The molecule has 2 aliphatic rings. The summed E-state index contributed by atoms with van der Waals surface area (Å²) in [6, 6.07) is 0. The second-order valence-corrected chi connectivity index (χ2v) is 8.00. The van der Waals surface area contributed by atoms with Gasteiger partial charge in [0.25, 0.3) is 0 Å². The maximum Gasteiger partial charge on any atom is 0.215 e. The summed E-state index contributed by atoms with van der Waals surface area (Å²) in [5, 5.41) is 11.8. The summed E-state index contributed by atoms with van der Waals surface area (Å²) in [5.74, 6) is 0.000900. The van der Waals surface area contributed by atoms with E-state index in [2.05, 4.69) is 9.88 Å². The van der Waals surface area contributed by atoms with Crippen LogP contribution in [-0.4, -0.2) is 30.2 Å². The average molecular weight is 303 g/mol. The lowest BCUT2D eigenvalue weighted by molar-refractivity contribution is 0.305. The molecule has 0 heterocycles. The van der Waals surface area contributed by atoms with E-state index in [9.17, 15) is 8.42 Å². The van der Waals surface area contributed by atoms with Gasteiger partial charge in [-0.3, -0.25) is 0 Å². The summed E-state index contributed by atoms with van der Waals surface area (Å²) >= 11 is 0. The molecule has 116 valence electrons. The number of amidine groups is 1. The van der Waals surface area contributed by atoms with Crippen molar-refractivity contribution in [2.45, 2.75) is 75.0 Å². The fourth-order valence-corrected chi connectivity index (χ4v) is 5.37. The molecule has 0 unspecified atom stereocenters. The molecule has 2 aliphatic carbocycles. The zero-order valence-corrected chi connectivity index (χ0v) is 12.7. The molecule has 0 atom stereocenters. The third-order valence-corrected chi connectivity index (χ3v) is 6.66. The van der Waals surface area contributed by atoms with Crippen LogP contribution in [0.5, 0.6) is 0 Å². The van der Waals surface area contributed by atoms with Gasteiger partial charge in [-0.1, -0.05) is 43.7 Å². The largest absolute Gasteiger partial charge is 0.409 e. The highest BCUT2D eigenvalue weighted by Gasteiger charge is 2.42. The van der Waals surface area contributed by atoms with Crippen LogP contribution in [0.15, 0.2) is 5.16 Å². The summed E-state index contributed by atoms with van der Waals surface area (Å²) in [6.07, 6.45) is 8.46. The van der Waals surface area contributed by atoms with Crippen LogP contribution in [0, 0.1) is 0 Å². The SMILES string of the molecule is NC(=NO)C1(NS(=O)(=O)C2CCCC2)CCCCCC1. The van der Waals surface area contributed by atoms with Crippen molar-refractivity contribution in [1.82, 2.24) is 4.72 Å². The zero-order valence-electron chi connectivity index (χ0n) is 11.8. The predicted molar refractivity (Wildman–Crippen MR) is 78.2 cm³/mol. The van der Waals surface area contributed by atoms with Crippen LogP contribution in [0.1, 0.15) is 64.2 Å². The Morgan fingerprint density at radius 2 is 1.65 bits per heavy atom. The van der Waals surface area contributed by atoms with Crippen molar-refractivity contribution in [3.8, 4) is 0 Å². The van der Waals surface area contributed by atoms with E-state index in [1.54, 1.807) is 0 Å². The standard InChI is InChI=1S/C13H25N3O3S/c14-12(15-17)13(9-5-1-2-6-10-13)16-20(18,19)11-7-3-4-8-11/h11,16-17H,1-10H2,(H2,14,15). The van der Waals surface area contributed by atoms with E-state index >= 15 is 0 Å². The summed E-state index contributed by atoms with van der Waals surface area (Å²) in [4.78, 5) is 0. The molecule has 0 aromatic rings. The topological polar surface area (TPSA) is 105 Å². The number of hydrogen-bond acceptors (Lipinski definition) is 4. The van der Waals surface area contributed by atoms with Gasteiger partial charge in [-0.25, -0.2) is 13.1 Å². The van der Waals surface area contributed by atoms with Gasteiger partial charge in [-0.05, 0) is 25.7 Å². The second kappa shape index (κ2) is 6.30. The van der Waals surface area contributed by atoms with Crippen LogP contribution in [-0.2, 0) is 10.0 Å². The van der Waals surface area contributed by atoms with Crippen molar-refractivity contribution in [2.75, 3.05) is 0 Å². The summed E-state index contributed by atoms with van der Waals surface area (Å²) < 4.78 is 27.9. The summed E-state index contributed by atoms with van der Waals surface area (Å²) in [7, 11) is -3.41. The molecule has 2 saturated carbocycles. The van der Waals surface area contributed by atoms with Gasteiger partial charge in [-0.15, -0.1) is 0 Å². The van der Waals surface area contributed by atoms with E-state index in [0.29, 0.717) is 25.7 Å². The first-order valence-electron chi connectivity index (χ1n) is 7.51. The van der Waals surface area contributed by atoms with Crippen LogP contribution < -0.4 is 10.5 Å². The highest BCUT2D eigenvalue weighted by Crippen LogP contribution is 2.31. The van der Waals surface area contributed by atoms with E-state index in [0.717, 1.165) is 38.5 Å². The number of hydrogen-bond donors (Lipinski definition) is 3. The molecule has 0 amide bonds. The van der Waals surface area contributed by atoms with Crippen molar-refractivity contribution >= 4 is 15.9 Å². The minimum Gasteiger partial charge on any atom is -0.409 e. The molecule has 0 aromatic carbocycles. The van der Waals surface area contributed by atoms with E-state index in [4.69, 9.17) is 10.9 Å². The first-order chi connectivity index (χ1) is 9.50. The molecule has 2 fully saturated rings. The van der Waals surface area contributed by atoms with Crippen molar-refractivity contribution in [1.29, 1.82) is 0 Å². The van der Waals surface area contributed by atoms with Gasteiger partial charge in [0.2, 0.25) is 10.0 Å². The Morgan fingerprint density at radius 3 is 2.15 bits per heavy atom. The van der Waals surface area contributed by atoms with E-state index in [-0.39, 0.29) is 11.1 Å². The highest BCUT2D eigenvalue weighted by atomic mass is 32.2. The van der Waals surface area contributed by atoms with Crippen molar-refractivity contribution in [3.63, 3.8) is 0 Å². The van der Waals surface area contributed by atoms with Crippen LogP contribution in [0.3, 0.4) is 0 Å². The maximum absolute atomic E-state index is 12.5. The number of oxime groups is 1. The number of rotatable bonds is 4. The zero-order chi connectivity index (χ0) is 14.6.